The maximum absolute atomic E-state index is 10.7. The first-order chi connectivity index (χ1) is 12.3. The molecule has 1 saturated heterocycles. The van der Waals surface area contributed by atoms with Crippen LogP contribution in [0.3, 0.4) is 0 Å². The van der Waals surface area contributed by atoms with Crippen molar-refractivity contribution in [3.05, 3.63) is 23.3 Å². The van der Waals surface area contributed by atoms with Gasteiger partial charge in [0.2, 0.25) is 0 Å². The molecular formula is C21H31NO4. The summed E-state index contributed by atoms with van der Waals surface area (Å²) < 4.78 is 17.7. The third kappa shape index (κ3) is 3.71. The molecule has 0 amide bonds. The Balaban J connectivity index is 1.57. The van der Waals surface area contributed by atoms with Gasteiger partial charge in [-0.15, -0.1) is 0 Å². The van der Waals surface area contributed by atoms with Gasteiger partial charge in [0, 0.05) is 19.1 Å². The normalized spacial score (nSPS) is 29.0. The summed E-state index contributed by atoms with van der Waals surface area (Å²) in [5, 5.41) is 10.7. The molecule has 3 atom stereocenters. The van der Waals surface area contributed by atoms with Crippen molar-refractivity contribution in [3.63, 3.8) is 0 Å². The fourth-order valence-electron chi connectivity index (χ4n) is 4.18. The number of fused-ring (bicyclic) bond motifs is 3. The molecule has 1 aromatic carbocycles. The Morgan fingerprint density at radius 3 is 2.58 bits per heavy atom. The molecule has 5 heteroatoms. The average molecular weight is 361 g/mol. The standard InChI is InChI=1S/C21H31NO4/c1-21(2,3)26-20-12-22-8-7-13-9-19(25-14-5-6-14)18(24-4)10-15(13)16(22)11-17(20)23/h9-10,14,16-17,20,23H,5-8,11-12H2,1-4H3. The van der Waals surface area contributed by atoms with Crippen molar-refractivity contribution in [2.24, 2.45) is 0 Å². The van der Waals surface area contributed by atoms with Crippen molar-refractivity contribution in [1.82, 2.24) is 4.90 Å². The number of nitrogens with zero attached hydrogens (tertiary/aromatic N) is 1. The van der Waals surface area contributed by atoms with Crippen molar-refractivity contribution in [3.8, 4) is 11.5 Å². The summed E-state index contributed by atoms with van der Waals surface area (Å²) >= 11 is 0. The number of ether oxygens (including phenoxy) is 3. The second-order valence-corrected chi connectivity index (χ2v) is 8.85. The first-order valence-corrected chi connectivity index (χ1v) is 9.81. The Labute approximate surface area is 156 Å². The molecule has 1 aliphatic carbocycles. The lowest BCUT2D eigenvalue weighted by molar-refractivity contribution is -0.149. The quantitative estimate of drug-likeness (QED) is 0.893. The van der Waals surface area contributed by atoms with Gasteiger partial charge in [-0.05, 0) is 69.7 Å². The van der Waals surface area contributed by atoms with Crippen molar-refractivity contribution in [2.75, 3.05) is 20.2 Å². The van der Waals surface area contributed by atoms with Crippen LogP contribution in [0.1, 0.15) is 57.2 Å². The molecule has 4 rings (SSSR count). The number of benzene rings is 1. The highest BCUT2D eigenvalue weighted by Crippen LogP contribution is 2.43. The Morgan fingerprint density at radius 1 is 1.15 bits per heavy atom. The molecule has 26 heavy (non-hydrogen) atoms. The van der Waals surface area contributed by atoms with Crippen molar-refractivity contribution in [1.29, 1.82) is 0 Å². The van der Waals surface area contributed by atoms with Gasteiger partial charge in [0.15, 0.2) is 11.5 Å². The molecule has 0 spiro atoms. The topological polar surface area (TPSA) is 51.2 Å². The van der Waals surface area contributed by atoms with Gasteiger partial charge in [-0.3, -0.25) is 4.90 Å². The molecule has 2 heterocycles. The summed E-state index contributed by atoms with van der Waals surface area (Å²) in [6.07, 6.45) is 3.74. The Morgan fingerprint density at radius 2 is 1.92 bits per heavy atom. The van der Waals surface area contributed by atoms with Gasteiger partial charge in [0.25, 0.3) is 0 Å². The molecule has 1 saturated carbocycles. The lowest BCUT2D eigenvalue weighted by Gasteiger charge is -2.46. The van der Waals surface area contributed by atoms with Gasteiger partial charge >= 0.3 is 0 Å². The Bertz CT molecular complexity index is 665. The molecule has 1 aromatic rings. The van der Waals surface area contributed by atoms with Crippen LogP contribution in [0.15, 0.2) is 12.1 Å². The zero-order valence-corrected chi connectivity index (χ0v) is 16.3. The minimum atomic E-state index is -0.449. The van der Waals surface area contributed by atoms with Crippen LogP contribution in [-0.2, 0) is 11.2 Å². The molecule has 5 nitrogen and oxygen atoms in total. The molecule has 0 bridgehead atoms. The zero-order valence-electron chi connectivity index (χ0n) is 16.3. The second-order valence-electron chi connectivity index (χ2n) is 8.85. The van der Waals surface area contributed by atoms with Crippen LogP contribution >= 0.6 is 0 Å². The highest BCUT2D eigenvalue weighted by Gasteiger charge is 2.40. The van der Waals surface area contributed by atoms with Gasteiger partial charge < -0.3 is 19.3 Å². The Kier molecular flexibility index (Phi) is 4.66. The summed E-state index contributed by atoms with van der Waals surface area (Å²) in [6, 6.07) is 4.51. The van der Waals surface area contributed by atoms with E-state index in [2.05, 4.69) is 17.0 Å². The highest BCUT2D eigenvalue weighted by molar-refractivity contribution is 5.50. The van der Waals surface area contributed by atoms with E-state index in [-0.39, 0.29) is 17.7 Å². The van der Waals surface area contributed by atoms with Gasteiger partial charge in [0.05, 0.1) is 31.0 Å². The molecule has 0 aromatic heterocycles. The molecule has 0 radical (unpaired) electrons. The molecule has 1 N–H and O–H groups in total. The minimum absolute atomic E-state index is 0.132. The molecule has 3 aliphatic rings. The van der Waals surface area contributed by atoms with Crippen LogP contribution in [0.25, 0.3) is 0 Å². The second kappa shape index (κ2) is 6.70. The number of aliphatic hydroxyl groups is 1. The van der Waals surface area contributed by atoms with Crippen LogP contribution in [0.2, 0.25) is 0 Å². The van der Waals surface area contributed by atoms with Crippen molar-refractivity contribution in [2.45, 2.75) is 76.4 Å². The molecule has 2 fully saturated rings. The highest BCUT2D eigenvalue weighted by atomic mass is 16.5. The van der Waals surface area contributed by atoms with Crippen LogP contribution in [0.5, 0.6) is 11.5 Å². The summed E-state index contributed by atoms with van der Waals surface area (Å²) in [4.78, 5) is 2.45. The van der Waals surface area contributed by atoms with Crippen molar-refractivity contribution >= 4 is 0 Å². The smallest absolute Gasteiger partial charge is 0.161 e. The van der Waals surface area contributed by atoms with Gasteiger partial charge in [-0.2, -0.15) is 0 Å². The molecule has 2 aliphatic heterocycles. The first kappa shape index (κ1) is 18.1. The predicted molar refractivity (Wildman–Crippen MR) is 99.9 cm³/mol. The third-order valence-electron chi connectivity index (χ3n) is 5.52. The summed E-state index contributed by atoms with van der Waals surface area (Å²) in [5.41, 5.74) is 2.35. The van der Waals surface area contributed by atoms with Gasteiger partial charge in [-0.25, -0.2) is 0 Å². The number of rotatable bonds is 4. The van der Waals surface area contributed by atoms with E-state index in [1.165, 1.54) is 11.1 Å². The lowest BCUT2D eigenvalue weighted by Crippen LogP contribution is -2.53. The van der Waals surface area contributed by atoms with Crippen LogP contribution < -0.4 is 9.47 Å². The Hall–Kier alpha value is -1.30. The van der Waals surface area contributed by atoms with E-state index >= 15 is 0 Å². The van der Waals surface area contributed by atoms with Crippen LogP contribution in [-0.4, -0.2) is 54.1 Å². The van der Waals surface area contributed by atoms with E-state index in [9.17, 15) is 5.11 Å². The third-order valence-corrected chi connectivity index (χ3v) is 5.52. The molecular weight excluding hydrogens is 330 g/mol. The zero-order chi connectivity index (χ0) is 18.5. The monoisotopic (exact) mass is 361 g/mol. The maximum atomic E-state index is 10.7. The molecule has 144 valence electrons. The minimum Gasteiger partial charge on any atom is -0.493 e. The number of aliphatic hydroxyl groups excluding tert-OH is 1. The maximum Gasteiger partial charge on any atom is 0.161 e. The fraction of sp³-hybridized carbons (Fsp3) is 0.714. The van der Waals surface area contributed by atoms with Crippen LogP contribution in [0.4, 0.5) is 0 Å². The summed E-state index contributed by atoms with van der Waals surface area (Å²) in [5.74, 6) is 1.67. The van der Waals surface area contributed by atoms with E-state index in [0.29, 0.717) is 12.5 Å². The number of hydrogen-bond acceptors (Lipinski definition) is 5. The lowest BCUT2D eigenvalue weighted by atomic mass is 9.84. The largest absolute Gasteiger partial charge is 0.493 e. The summed E-state index contributed by atoms with van der Waals surface area (Å²) in [7, 11) is 1.70. The van der Waals surface area contributed by atoms with Crippen molar-refractivity contribution < 1.29 is 19.3 Å². The molecule has 3 unspecified atom stereocenters. The SMILES string of the molecule is COc1cc2c(cc1OC1CC1)CCN1CC(OC(C)(C)C)C(O)CC21. The van der Waals surface area contributed by atoms with Gasteiger partial charge in [-0.1, -0.05) is 0 Å². The average Bonchev–Trinajstić information content (AvgIpc) is 3.38. The van der Waals surface area contributed by atoms with E-state index in [4.69, 9.17) is 14.2 Å². The first-order valence-electron chi connectivity index (χ1n) is 9.81. The van der Waals surface area contributed by atoms with E-state index in [1.807, 2.05) is 20.8 Å². The van der Waals surface area contributed by atoms with E-state index in [1.54, 1.807) is 7.11 Å². The van der Waals surface area contributed by atoms with E-state index < -0.39 is 6.10 Å². The number of piperidine rings is 1. The van der Waals surface area contributed by atoms with Gasteiger partial charge in [0.1, 0.15) is 0 Å². The van der Waals surface area contributed by atoms with Crippen LogP contribution in [0, 0.1) is 0 Å². The number of hydrogen-bond donors (Lipinski definition) is 1. The predicted octanol–water partition coefficient (Wildman–Crippen LogP) is 3.08. The number of methoxy groups -OCH3 is 1. The summed E-state index contributed by atoms with van der Waals surface area (Å²) in [6.45, 7) is 7.89. The fourth-order valence-corrected chi connectivity index (χ4v) is 4.18. The van der Waals surface area contributed by atoms with E-state index in [0.717, 1.165) is 43.9 Å².